The Balaban J connectivity index is 1.50. The predicted molar refractivity (Wildman–Crippen MR) is 116 cm³/mol. The van der Waals surface area contributed by atoms with E-state index in [1.807, 2.05) is 11.3 Å². The Morgan fingerprint density at radius 2 is 2.32 bits per heavy atom. The molecule has 2 aliphatic rings. The molecular weight excluding hydrogens is 372 g/mol. The zero-order valence-corrected chi connectivity index (χ0v) is 18.2. The molecule has 2 unspecified atom stereocenters. The van der Waals surface area contributed by atoms with Gasteiger partial charge in [0.25, 0.3) is 0 Å². The fourth-order valence-electron chi connectivity index (χ4n) is 3.43. The Hall–Kier alpha value is -1.15. The van der Waals surface area contributed by atoms with Crippen LogP contribution in [0.15, 0.2) is 22.5 Å². The van der Waals surface area contributed by atoms with E-state index in [1.165, 1.54) is 17.7 Å². The Morgan fingerprint density at radius 3 is 3.04 bits per heavy atom. The van der Waals surface area contributed by atoms with Crippen LogP contribution < -0.4 is 10.6 Å². The van der Waals surface area contributed by atoms with Gasteiger partial charge in [-0.05, 0) is 50.5 Å². The van der Waals surface area contributed by atoms with E-state index in [4.69, 9.17) is 14.5 Å². The number of hydrogen-bond donors (Lipinski definition) is 2. The van der Waals surface area contributed by atoms with Crippen LogP contribution in [0.3, 0.4) is 0 Å². The molecule has 1 aliphatic heterocycles. The van der Waals surface area contributed by atoms with Crippen LogP contribution in [0.2, 0.25) is 0 Å². The van der Waals surface area contributed by atoms with E-state index in [1.54, 1.807) is 0 Å². The molecule has 0 bridgehead atoms. The molecule has 1 aliphatic carbocycles. The lowest BCUT2D eigenvalue weighted by molar-refractivity contribution is -0.0327. The summed E-state index contributed by atoms with van der Waals surface area (Å²) in [6.07, 6.45) is 3.99. The van der Waals surface area contributed by atoms with Gasteiger partial charge in [-0.3, -0.25) is 9.89 Å². The predicted octanol–water partition coefficient (Wildman–Crippen LogP) is 2.88. The lowest BCUT2D eigenvalue weighted by Gasteiger charge is -2.36. The van der Waals surface area contributed by atoms with Crippen molar-refractivity contribution >= 4 is 17.3 Å². The topological polar surface area (TPSA) is 58.1 Å². The normalized spacial score (nSPS) is 22.2. The van der Waals surface area contributed by atoms with Gasteiger partial charge in [0.2, 0.25) is 0 Å². The third kappa shape index (κ3) is 7.35. The second-order valence-electron chi connectivity index (χ2n) is 7.73. The molecule has 1 aromatic rings. The van der Waals surface area contributed by atoms with Gasteiger partial charge in [0, 0.05) is 44.3 Å². The third-order valence-electron chi connectivity index (χ3n) is 5.16. The van der Waals surface area contributed by atoms with Crippen LogP contribution in [0.1, 0.15) is 44.0 Å². The molecular formula is C21H36N4O2S. The number of thiophene rings is 1. The van der Waals surface area contributed by atoms with Crippen LogP contribution in [-0.4, -0.2) is 69.5 Å². The van der Waals surface area contributed by atoms with Crippen molar-refractivity contribution in [2.45, 2.75) is 45.3 Å². The maximum absolute atomic E-state index is 5.73. The van der Waals surface area contributed by atoms with Crippen molar-refractivity contribution in [3.63, 3.8) is 0 Å². The van der Waals surface area contributed by atoms with E-state index in [2.05, 4.69) is 46.9 Å². The van der Waals surface area contributed by atoms with E-state index in [0.29, 0.717) is 6.04 Å². The minimum atomic E-state index is 0.280. The first-order valence-electron chi connectivity index (χ1n) is 10.7. The van der Waals surface area contributed by atoms with Gasteiger partial charge in [0.15, 0.2) is 5.96 Å². The molecule has 1 saturated heterocycles. The van der Waals surface area contributed by atoms with Crippen LogP contribution in [0.25, 0.3) is 0 Å². The summed E-state index contributed by atoms with van der Waals surface area (Å²) in [5, 5.41) is 8.98. The molecule has 6 nitrogen and oxygen atoms in total. The van der Waals surface area contributed by atoms with Crippen LogP contribution in [0.4, 0.5) is 0 Å². The van der Waals surface area contributed by atoms with Crippen LogP contribution in [0.5, 0.6) is 0 Å². The first kappa shape index (κ1) is 21.6. The Bertz CT molecular complexity index is 577. The molecule has 7 heteroatoms. The van der Waals surface area contributed by atoms with E-state index in [0.717, 1.165) is 70.8 Å². The van der Waals surface area contributed by atoms with E-state index in [9.17, 15) is 0 Å². The summed E-state index contributed by atoms with van der Waals surface area (Å²) in [6.45, 7) is 11.2. The van der Waals surface area contributed by atoms with Crippen LogP contribution in [0, 0.1) is 5.92 Å². The van der Waals surface area contributed by atoms with Gasteiger partial charge < -0.3 is 20.1 Å². The quantitative estimate of drug-likeness (QED) is 0.335. The average Bonchev–Trinajstić information content (AvgIpc) is 3.36. The molecule has 1 aromatic heterocycles. The van der Waals surface area contributed by atoms with E-state index >= 15 is 0 Å². The fraction of sp³-hybridized carbons (Fsp3) is 0.762. The Kier molecular flexibility index (Phi) is 9.05. The maximum atomic E-state index is 5.73. The van der Waals surface area contributed by atoms with Gasteiger partial charge in [-0.2, -0.15) is 0 Å². The fourth-order valence-corrected chi connectivity index (χ4v) is 4.28. The molecule has 28 heavy (non-hydrogen) atoms. The Morgan fingerprint density at radius 1 is 1.43 bits per heavy atom. The van der Waals surface area contributed by atoms with Crippen LogP contribution in [-0.2, 0) is 9.47 Å². The number of morpholine rings is 1. The minimum absolute atomic E-state index is 0.280. The van der Waals surface area contributed by atoms with E-state index in [-0.39, 0.29) is 6.10 Å². The van der Waals surface area contributed by atoms with Gasteiger partial charge in [-0.25, -0.2) is 0 Å². The summed E-state index contributed by atoms with van der Waals surface area (Å²) < 4.78 is 11.5. The number of aliphatic imine (C=N–C) groups is 1. The first-order chi connectivity index (χ1) is 13.8. The summed E-state index contributed by atoms with van der Waals surface area (Å²) in [5.74, 6) is 1.73. The van der Waals surface area contributed by atoms with E-state index < -0.39 is 0 Å². The number of ether oxygens (including phenoxy) is 2. The monoisotopic (exact) mass is 408 g/mol. The van der Waals surface area contributed by atoms with Gasteiger partial charge in [-0.15, -0.1) is 11.3 Å². The highest BCUT2D eigenvalue weighted by atomic mass is 32.1. The number of guanidine groups is 1. The third-order valence-corrected chi connectivity index (χ3v) is 6.13. The number of nitrogens with one attached hydrogen (secondary N) is 2. The average molecular weight is 409 g/mol. The first-order valence-corrected chi connectivity index (χ1v) is 11.6. The minimum Gasteiger partial charge on any atom is -0.381 e. The summed E-state index contributed by atoms with van der Waals surface area (Å²) >= 11 is 1.82. The summed E-state index contributed by atoms with van der Waals surface area (Å²) in [7, 11) is 0. The summed E-state index contributed by atoms with van der Waals surface area (Å²) in [6, 6.07) is 4.66. The second kappa shape index (κ2) is 11.8. The van der Waals surface area contributed by atoms with Gasteiger partial charge in [0.1, 0.15) is 0 Å². The molecule has 2 N–H and O–H groups in total. The smallest absolute Gasteiger partial charge is 0.191 e. The zero-order chi connectivity index (χ0) is 19.6. The van der Waals surface area contributed by atoms with Crippen molar-refractivity contribution in [3.05, 3.63) is 22.4 Å². The van der Waals surface area contributed by atoms with Crippen LogP contribution >= 0.6 is 11.3 Å². The molecule has 0 amide bonds. The highest BCUT2D eigenvalue weighted by molar-refractivity contribution is 7.10. The molecule has 2 atom stereocenters. The maximum Gasteiger partial charge on any atom is 0.191 e. The van der Waals surface area contributed by atoms with Gasteiger partial charge in [-0.1, -0.05) is 6.07 Å². The van der Waals surface area contributed by atoms with Gasteiger partial charge in [0.05, 0.1) is 25.3 Å². The zero-order valence-electron chi connectivity index (χ0n) is 17.4. The number of nitrogens with zero attached hydrogens (tertiary/aromatic N) is 2. The number of rotatable bonds is 11. The summed E-state index contributed by atoms with van der Waals surface area (Å²) in [5.41, 5.74) is 0. The molecule has 2 fully saturated rings. The molecule has 158 valence electrons. The van der Waals surface area contributed by atoms with Crippen molar-refractivity contribution in [1.29, 1.82) is 0 Å². The molecule has 0 spiro atoms. The standard InChI is InChI=1S/C21H36N4O2S/c1-3-22-21(23-9-5-11-26-16-18-7-8-18)24-14-19(20-6-4-13-28-20)25-10-12-27-17(2)15-25/h4,6,13,17-19H,3,5,7-12,14-16H2,1-2H3,(H2,22,23,24). The van der Waals surface area contributed by atoms with Crippen molar-refractivity contribution in [3.8, 4) is 0 Å². The largest absolute Gasteiger partial charge is 0.381 e. The highest BCUT2D eigenvalue weighted by Crippen LogP contribution is 2.29. The highest BCUT2D eigenvalue weighted by Gasteiger charge is 2.26. The molecule has 1 saturated carbocycles. The van der Waals surface area contributed by atoms with Gasteiger partial charge >= 0.3 is 0 Å². The lowest BCUT2D eigenvalue weighted by atomic mass is 10.1. The molecule has 0 aromatic carbocycles. The Labute approximate surface area is 173 Å². The number of hydrogen-bond acceptors (Lipinski definition) is 5. The second-order valence-corrected chi connectivity index (χ2v) is 8.71. The summed E-state index contributed by atoms with van der Waals surface area (Å²) in [4.78, 5) is 8.79. The van der Waals surface area contributed by atoms with Crippen molar-refractivity contribution in [2.75, 3.05) is 52.5 Å². The molecule has 3 rings (SSSR count). The molecule has 0 radical (unpaired) electrons. The molecule has 2 heterocycles. The SMILES string of the molecule is CCNC(=NCC(c1cccs1)N1CCOC(C)C1)NCCCOCC1CC1. The van der Waals surface area contributed by atoms with Crippen molar-refractivity contribution < 1.29 is 9.47 Å². The van der Waals surface area contributed by atoms with Crippen molar-refractivity contribution in [2.24, 2.45) is 10.9 Å². The lowest BCUT2D eigenvalue weighted by Crippen LogP contribution is -2.44. The van der Waals surface area contributed by atoms with Crippen molar-refractivity contribution in [1.82, 2.24) is 15.5 Å².